The highest BCUT2D eigenvalue weighted by molar-refractivity contribution is 5.86. The predicted octanol–water partition coefficient (Wildman–Crippen LogP) is 1.94. The first-order valence-corrected chi connectivity index (χ1v) is 6.68. The number of hydrogen-bond acceptors (Lipinski definition) is 5. The molecule has 0 radical (unpaired) electrons. The van der Waals surface area contributed by atoms with E-state index in [1.54, 1.807) is 6.07 Å². The Bertz CT molecular complexity index is 516. The summed E-state index contributed by atoms with van der Waals surface area (Å²) >= 11 is 0. The number of nitro benzene ring substituents is 1. The van der Waals surface area contributed by atoms with E-state index >= 15 is 0 Å². The van der Waals surface area contributed by atoms with E-state index in [0.29, 0.717) is 17.9 Å². The molecule has 0 spiro atoms. The van der Waals surface area contributed by atoms with Crippen LogP contribution in [0, 0.1) is 10.1 Å². The minimum atomic E-state index is -0.474. The smallest absolute Gasteiger partial charge is 0.270 e. The molecule has 6 heteroatoms. The minimum Gasteiger partial charge on any atom is -0.367 e. The third-order valence-electron chi connectivity index (χ3n) is 3.61. The Labute approximate surface area is 118 Å². The zero-order chi connectivity index (χ0) is 14.7. The maximum atomic E-state index is 11.2. The fourth-order valence-corrected chi connectivity index (χ4v) is 2.78. The number of carbonyl (C=O) groups is 1. The van der Waals surface area contributed by atoms with E-state index in [1.165, 1.54) is 12.1 Å². The maximum absolute atomic E-state index is 11.2. The van der Waals surface area contributed by atoms with Crippen LogP contribution >= 0.6 is 0 Å². The Kier molecular flexibility index (Phi) is 4.34. The molecule has 1 saturated heterocycles. The molecule has 0 aromatic heterocycles. The van der Waals surface area contributed by atoms with Gasteiger partial charge in [0.1, 0.15) is 0 Å². The van der Waals surface area contributed by atoms with Gasteiger partial charge in [-0.1, -0.05) is 0 Å². The van der Waals surface area contributed by atoms with Crippen LogP contribution in [0.5, 0.6) is 0 Å². The standard InChI is InChI=1S/C14H19N3O3/c1-15(2)9-13-4-3-7-16(13)14-6-5-12(17(19)20)8-11(14)10-18/h5-6,8,10,13H,3-4,7,9H2,1-2H3. The molecule has 1 atom stereocenters. The van der Waals surface area contributed by atoms with E-state index in [0.717, 1.165) is 31.6 Å². The Hall–Kier alpha value is -1.95. The Morgan fingerprint density at radius 3 is 2.85 bits per heavy atom. The van der Waals surface area contributed by atoms with Crippen LogP contribution < -0.4 is 4.90 Å². The van der Waals surface area contributed by atoms with Crippen molar-refractivity contribution >= 4 is 17.7 Å². The van der Waals surface area contributed by atoms with Crippen molar-refractivity contribution in [1.29, 1.82) is 0 Å². The molecule has 0 N–H and O–H groups in total. The van der Waals surface area contributed by atoms with Gasteiger partial charge >= 0.3 is 0 Å². The summed E-state index contributed by atoms with van der Waals surface area (Å²) in [5.74, 6) is 0. The van der Waals surface area contributed by atoms with E-state index in [9.17, 15) is 14.9 Å². The summed E-state index contributed by atoms with van der Waals surface area (Å²) in [5, 5.41) is 10.8. The van der Waals surface area contributed by atoms with Gasteiger partial charge in [0.25, 0.3) is 5.69 Å². The second-order valence-electron chi connectivity index (χ2n) is 5.37. The summed E-state index contributed by atoms with van der Waals surface area (Å²) in [6.07, 6.45) is 2.86. The van der Waals surface area contributed by atoms with Crippen LogP contribution in [-0.2, 0) is 0 Å². The zero-order valence-corrected chi connectivity index (χ0v) is 11.8. The van der Waals surface area contributed by atoms with Crippen molar-refractivity contribution in [3.8, 4) is 0 Å². The average molecular weight is 277 g/mol. The van der Waals surface area contributed by atoms with Crippen molar-refractivity contribution < 1.29 is 9.72 Å². The maximum Gasteiger partial charge on any atom is 0.270 e. The second-order valence-corrected chi connectivity index (χ2v) is 5.37. The molecule has 1 unspecified atom stereocenters. The summed E-state index contributed by atoms with van der Waals surface area (Å²) in [6, 6.07) is 4.86. The van der Waals surface area contributed by atoms with Gasteiger partial charge in [0.05, 0.1) is 4.92 Å². The number of carbonyl (C=O) groups excluding carboxylic acids is 1. The Morgan fingerprint density at radius 1 is 1.50 bits per heavy atom. The van der Waals surface area contributed by atoms with E-state index in [-0.39, 0.29) is 5.69 Å². The quantitative estimate of drug-likeness (QED) is 0.467. The highest BCUT2D eigenvalue weighted by Gasteiger charge is 2.27. The molecular weight excluding hydrogens is 258 g/mol. The second kappa shape index (κ2) is 6.00. The van der Waals surface area contributed by atoms with Gasteiger partial charge in [-0.15, -0.1) is 0 Å². The number of benzene rings is 1. The average Bonchev–Trinajstić information content (AvgIpc) is 2.84. The molecule has 0 aliphatic carbocycles. The van der Waals surface area contributed by atoms with Crippen LogP contribution in [-0.4, -0.2) is 49.3 Å². The lowest BCUT2D eigenvalue weighted by atomic mass is 10.1. The van der Waals surface area contributed by atoms with Crippen molar-refractivity contribution in [2.75, 3.05) is 32.1 Å². The topological polar surface area (TPSA) is 66.7 Å². The van der Waals surface area contributed by atoms with Crippen molar-refractivity contribution in [2.24, 2.45) is 0 Å². The minimum absolute atomic E-state index is 0.0424. The molecule has 0 amide bonds. The number of aldehydes is 1. The summed E-state index contributed by atoms with van der Waals surface area (Å²) in [7, 11) is 4.04. The molecule has 0 saturated carbocycles. The van der Waals surface area contributed by atoms with E-state index in [1.807, 2.05) is 14.1 Å². The molecule has 0 bridgehead atoms. The molecule has 1 aliphatic rings. The number of rotatable bonds is 5. The third kappa shape index (κ3) is 2.96. The number of nitrogens with zero attached hydrogens (tertiary/aromatic N) is 3. The van der Waals surface area contributed by atoms with Crippen LogP contribution in [0.3, 0.4) is 0 Å². The molecule has 1 fully saturated rings. The van der Waals surface area contributed by atoms with Gasteiger partial charge in [-0.3, -0.25) is 14.9 Å². The highest BCUT2D eigenvalue weighted by atomic mass is 16.6. The van der Waals surface area contributed by atoms with Gasteiger partial charge in [0.15, 0.2) is 6.29 Å². The monoisotopic (exact) mass is 277 g/mol. The number of non-ortho nitro benzene ring substituents is 1. The normalized spacial score (nSPS) is 18.6. The molecule has 1 aliphatic heterocycles. The number of likely N-dealkylation sites (N-methyl/N-ethyl adjacent to an activating group) is 1. The van der Waals surface area contributed by atoms with Gasteiger partial charge in [-0.25, -0.2) is 0 Å². The van der Waals surface area contributed by atoms with Crippen LogP contribution in [0.1, 0.15) is 23.2 Å². The predicted molar refractivity (Wildman–Crippen MR) is 77.4 cm³/mol. The first-order chi connectivity index (χ1) is 9.52. The SMILES string of the molecule is CN(C)CC1CCCN1c1ccc([N+](=O)[O-])cc1C=O. The van der Waals surface area contributed by atoms with Crippen LogP contribution in [0.25, 0.3) is 0 Å². The number of hydrogen-bond donors (Lipinski definition) is 0. The molecule has 1 aromatic carbocycles. The molecule has 1 aromatic rings. The van der Waals surface area contributed by atoms with Crippen LogP contribution in [0.2, 0.25) is 0 Å². The Balaban J connectivity index is 2.31. The van der Waals surface area contributed by atoms with Crippen molar-refractivity contribution in [3.63, 3.8) is 0 Å². The summed E-state index contributed by atoms with van der Waals surface area (Å²) < 4.78 is 0. The van der Waals surface area contributed by atoms with Crippen molar-refractivity contribution in [2.45, 2.75) is 18.9 Å². The first-order valence-electron chi connectivity index (χ1n) is 6.68. The number of nitro groups is 1. The number of anilines is 1. The first kappa shape index (κ1) is 14.5. The van der Waals surface area contributed by atoms with Crippen molar-refractivity contribution in [3.05, 3.63) is 33.9 Å². The van der Waals surface area contributed by atoms with Gasteiger partial charge in [0.2, 0.25) is 0 Å². The van der Waals surface area contributed by atoms with E-state index < -0.39 is 4.92 Å². The lowest BCUT2D eigenvalue weighted by molar-refractivity contribution is -0.384. The molecule has 6 nitrogen and oxygen atoms in total. The van der Waals surface area contributed by atoms with Crippen LogP contribution in [0.15, 0.2) is 18.2 Å². The van der Waals surface area contributed by atoms with Crippen molar-refractivity contribution in [1.82, 2.24) is 4.90 Å². The molecule has 108 valence electrons. The third-order valence-corrected chi connectivity index (χ3v) is 3.61. The lowest BCUT2D eigenvalue weighted by Crippen LogP contribution is -2.38. The summed E-state index contributed by atoms with van der Waals surface area (Å²) in [4.78, 5) is 25.8. The summed E-state index contributed by atoms with van der Waals surface area (Å²) in [5.41, 5.74) is 1.15. The zero-order valence-electron chi connectivity index (χ0n) is 11.8. The van der Waals surface area contributed by atoms with Gasteiger partial charge < -0.3 is 9.80 Å². The fourth-order valence-electron chi connectivity index (χ4n) is 2.78. The van der Waals surface area contributed by atoms with Gasteiger partial charge in [0, 0.05) is 42.5 Å². The van der Waals surface area contributed by atoms with Gasteiger partial charge in [-0.2, -0.15) is 0 Å². The highest BCUT2D eigenvalue weighted by Crippen LogP contribution is 2.30. The van der Waals surface area contributed by atoms with Gasteiger partial charge in [-0.05, 0) is 33.0 Å². The Morgan fingerprint density at radius 2 is 2.25 bits per heavy atom. The molecular formula is C14H19N3O3. The molecule has 2 rings (SSSR count). The van der Waals surface area contributed by atoms with E-state index in [4.69, 9.17) is 0 Å². The molecule has 20 heavy (non-hydrogen) atoms. The largest absolute Gasteiger partial charge is 0.367 e. The summed E-state index contributed by atoms with van der Waals surface area (Å²) in [6.45, 7) is 1.80. The lowest BCUT2D eigenvalue weighted by Gasteiger charge is -2.29. The fraction of sp³-hybridized carbons (Fsp3) is 0.500. The van der Waals surface area contributed by atoms with E-state index in [2.05, 4.69) is 9.80 Å². The van der Waals surface area contributed by atoms with Crippen LogP contribution in [0.4, 0.5) is 11.4 Å². The molecule has 1 heterocycles.